The molecule has 0 heterocycles. The Morgan fingerprint density at radius 1 is 0.857 bits per heavy atom. The van der Waals surface area contributed by atoms with E-state index in [1.807, 2.05) is 0 Å². The number of alkyl halides is 5. The highest BCUT2D eigenvalue weighted by Gasteiger charge is 2.28. The molecule has 2 aromatic rings. The van der Waals surface area contributed by atoms with Crippen LogP contribution >= 0.6 is 39.1 Å². The van der Waals surface area contributed by atoms with Crippen molar-refractivity contribution < 1.29 is 17.6 Å². The van der Waals surface area contributed by atoms with Crippen LogP contribution in [0.1, 0.15) is 17.6 Å². The average Bonchev–Trinajstić information content (AvgIpc) is 2.39. The topological polar surface area (TPSA) is 0 Å². The van der Waals surface area contributed by atoms with Crippen LogP contribution < -0.4 is 0 Å². The maximum Gasteiger partial charge on any atom is 0.328 e. The molecule has 0 aromatic heterocycles. The van der Waals surface area contributed by atoms with Gasteiger partial charge in [-0.2, -0.15) is 8.78 Å². The van der Waals surface area contributed by atoms with Crippen molar-refractivity contribution in [2.24, 2.45) is 0 Å². The van der Waals surface area contributed by atoms with Crippen molar-refractivity contribution in [1.29, 1.82) is 0 Å². The fourth-order valence-corrected chi connectivity index (χ4v) is 2.28. The lowest BCUT2D eigenvalue weighted by Gasteiger charge is -2.09. The Hall–Kier alpha value is -0.780. The highest BCUT2D eigenvalue weighted by atomic mass is 79.9. The van der Waals surface area contributed by atoms with Crippen LogP contribution in [0.2, 0.25) is 10.0 Å². The van der Waals surface area contributed by atoms with E-state index in [-0.39, 0.29) is 21.2 Å². The van der Waals surface area contributed by atoms with E-state index < -0.39 is 11.3 Å². The van der Waals surface area contributed by atoms with Gasteiger partial charge in [-0.05, 0) is 28.1 Å². The molecule has 2 rings (SSSR count). The number of benzene rings is 2. The molecule has 0 spiro atoms. The molecular weight excluding hydrogens is 395 g/mol. The van der Waals surface area contributed by atoms with Gasteiger partial charge in [0.15, 0.2) is 0 Å². The molecule has 0 N–H and O–H groups in total. The van der Waals surface area contributed by atoms with Gasteiger partial charge in [0.05, 0.1) is 10.6 Å². The molecule has 0 unspecified atom stereocenters. The first-order valence-corrected chi connectivity index (χ1v) is 7.12. The second-order valence-corrected chi connectivity index (χ2v) is 5.61. The quantitative estimate of drug-likeness (QED) is 0.371. The summed E-state index contributed by atoms with van der Waals surface area (Å²) in [6, 6.07) is 11.7. The van der Waals surface area contributed by atoms with E-state index in [2.05, 4.69) is 15.9 Å². The van der Waals surface area contributed by atoms with Crippen molar-refractivity contribution in [3.8, 4) is 0 Å². The summed E-state index contributed by atoms with van der Waals surface area (Å²) in [5.74, 6) is 0. The summed E-state index contributed by atoms with van der Waals surface area (Å²) in [6.45, 7) is 0. The molecule has 0 saturated carbocycles. The minimum Gasteiger partial charge on any atom is -0.205 e. The Morgan fingerprint density at radius 3 is 1.67 bits per heavy atom. The van der Waals surface area contributed by atoms with Gasteiger partial charge in [-0.15, -0.1) is 0 Å². The summed E-state index contributed by atoms with van der Waals surface area (Å²) in [7, 11) is 0. The van der Waals surface area contributed by atoms with Gasteiger partial charge in [0.25, 0.3) is 6.43 Å². The molecule has 0 aliphatic carbocycles. The molecule has 0 aliphatic rings. The monoisotopic (exact) mass is 402 g/mol. The van der Waals surface area contributed by atoms with Gasteiger partial charge in [-0.1, -0.05) is 59.6 Å². The molecule has 0 bridgehead atoms. The minimum absolute atomic E-state index is 0.0642. The highest BCUT2D eigenvalue weighted by molar-refractivity contribution is 9.09. The summed E-state index contributed by atoms with van der Waals surface area (Å²) in [5.41, 5.74) is -0.314. The standard InChI is InChI=1S/C7H4BrClF2.C7H5ClF2/c8-7(10,11)5-3-1-2-4-6(5)9;8-6-4-2-1-3-5(6)7(9)10/h1-4H;1-4,7H. The van der Waals surface area contributed by atoms with Crippen molar-refractivity contribution in [2.75, 3.05) is 0 Å². The second-order valence-electron chi connectivity index (χ2n) is 3.80. The van der Waals surface area contributed by atoms with Crippen LogP contribution in [0.5, 0.6) is 0 Å². The largest absolute Gasteiger partial charge is 0.328 e. The van der Waals surface area contributed by atoms with Crippen LogP contribution in [0.15, 0.2) is 48.5 Å². The molecule has 0 nitrogen and oxygen atoms in total. The number of halogens is 7. The van der Waals surface area contributed by atoms with E-state index in [0.717, 1.165) is 0 Å². The predicted molar refractivity (Wildman–Crippen MR) is 80.7 cm³/mol. The van der Waals surface area contributed by atoms with E-state index in [0.29, 0.717) is 0 Å². The van der Waals surface area contributed by atoms with Gasteiger partial charge in [-0.3, -0.25) is 0 Å². The second kappa shape index (κ2) is 8.01. The lowest BCUT2D eigenvalue weighted by molar-refractivity contribution is 0.114. The lowest BCUT2D eigenvalue weighted by Crippen LogP contribution is -2.02. The SMILES string of the molecule is FC(F)(Br)c1ccccc1Cl.FC(F)c1ccccc1Cl. The maximum absolute atomic E-state index is 12.5. The summed E-state index contributed by atoms with van der Waals surface area (Å²) in [5, 5.41) is 0.187. The van der Waals surface area contributed by atoms with E-state index in [1.54, 1.807) is 12.1 Å². The summed E-state index contributed by atoms with van der Waals surface area (Å²) < 4.78 is 49.0. The van der Waals surface area contributed by atoms with E-state index >= 15 is 0 Å². The zero-order valence-corrected chi connectivity index (χ0v) is 13.4. The normalized spacial score (nSPS) is 11.0. The number of hydrogen-bond donors (Lipinski definition) is 0. The van der Waals surface area contributed by atoms with Crippen molar-refractivity contribution in [2.45, 2.75) is 11.3 Å². The van der Waals surface area contributed by atoms with Crippen molar-refractivity contribution >= 4 is 39.1 Å². The van der Waals surface area contributed by atoms with Crippen LogP contribution in [-0.4, -0.2) is 0 Å². The van der Waals surface area contributed by atoms with Gasteiger partial charge in [0, 0.05) is 10.6 Å². The van der Waals surface area contributed by atoms with Crippen molar-refractivity contribution in [3.05, 3.63) is 69.7 Å². The Labute approximate surface area is 137 Å². The Balaban J connectivity index is 0.000000211. The smallest absolute Gasteiger partial charge is 0.205 e. The Kier molecular flexibility index (Phi) is 6.97. The molecule has 0 atom stereocenters. The molecule has 0 amide bonds. The lowest BCUT2D eigenvalue weighted by atomic mass is 10.2. The van der Waals surface area contributed by atoms with E-state index in [1.165, 1.54) is 36.4 Å². The number of hydrogen-bond acceptors (Lipinski definition) is 0. The van der Waals surface area contributed by atoms with Gasteiger partial charge < -0.3 is 0 Å². The fourth-order valence-electron chi connectivity index (χ4n) is 1.34. The first kappa shape index (κ1) is 18.3. The summed E-state index contributed by atoms with van der Waals surface area (Å²) in [4.78, 5) is -3.04. The molecule has 0 radical (unpaired) electrons. The Bertz CT molecular complexity index is 585. The van der Waals surface area contributed by atoms with E-state index in [4.69, 9.17) is 23.2 Å². The van der Waals surface area contributed by atoms with Gasteiger partial charge in [0.2, 0.25) is 0 Å². The van der Waals surface area contributed by atoms with Crippen molar-refractivity contribution in [3.63, 3.8) is 0 Å². The Morgan fingerprint density at radius 2 is 1.33 bits per heavy atom. The molecule has 114 valence electrons. The summed E-state index contributed by atoms with van der Waals surface area (Å²) in [6.07, 6.45) is -2.48. The summed E-state index contributed by atoms with van der Waals surface area (Å²) >= 11 is 13.2. The third kappa shape index (κ3) is 5.85. The molecule has 0 fully saturated rings. The fraction of sp³-hybridized carbons (Fsp3) is 0.143. The van der Waals surface area contributed by atoms with Crippen LogP contribution in [0.25, 0.3) is 0 Å². The average molecular weight is 404 g/mol. The predicted octanol–water partition coefficient (Wildman–Crippen LogP) is 7.06. The molecular formula is C14H9BrCl2F4. The van der Waals surface area contributed by atoms with E-state index in [9.17, 15) is 17.6 Å². The van der Waals surface area contributed by atoms with Crippen molar-refractivity contribution in [1.82, 2.24) is 0 Å². The highest BCUT2D eigenvalue weighted by Crippen LogP contribution is 2.38. The van der Waals surface area contributed by atoms with Gasteiger partial charge in [0.1, 0.15) is 0 Å². The zero-order chi connectivity index (χ0) is 16.0. The van der Waals surface area contributed by atoms with Crippen LogP contribution in [-0.2, 0) is 4.83 Å². The van der Waals surface area contributed by atoms with Gasteiger partial charge in [-0.25, -0.2) is 8.78 Å². The third-order valence-corrected chi connectivity index (χ3v) is 3.42. The van der Waals surface area contributed by atoms with Crippen LogP contribution in [0.3, 0.4) is 0 Å². The molecule has 2 aromatic carbocycles. The zero-order valence-electron chi connectivity index (χ0n) is 10.3. The third-order valence-electron chi connectivity index (χ3n) is 2.32. The molecule has 0 aliphatic heterocycles. The first-order chi connectivity index (χ1) is 9.73. The molecule has 7 heteroatoms. The van der Waals surface area contributed by atoms with Gasteiger partial charge >= 0.3 is 4.83 Å². The number of rotatable bonds is 2. The van der Waals surface area contributed by atoms with Crippen LogP contribution in [0.4, 0.5) is 17.6 Å². The first-order valence-electron chi connectivity index (χ1n) is 5.57. The minimum atomic E-state index is -3.04. The molecule has 21 heavy (non-hydrogen) atoms. The molecule has 0 saturated heterocycles. The maximum atomic E-state index is 12.5. The van der Waals surface area contributed by atoms with Crippen LogP contribution in [0, 0.1) is 0 Å².